The largest absolute Gasteiger partial charge is 0.320 e. The van der Waals surface area contributed by atoms with E-state index in [4.69, 9.17) is 0 Å². The molecule has 0 atom stereocenters. The average molecular weight is 234 g/mol. The van der Waals surface area contributed by atoms with E-state index >= 15 is 0 Å². The molecule has 0 radical (unpaired) electrons. The average Bonchev–Trinajstić information content (AvgIpc) is 2.96. The normalized spacial score (nSPS) is 17.3. The van der Waals surface area contributed by atoms with Gasteiger partial charge in [0.25, 0.3) is 0 Å². The van der Waals surface area contributed by atoms with Gasteiger partial charge in [0, 0.05) is 13.6 Å². The second-order valence-corrected chi connectivity index (χ2v) is 6.55. The Morgan fingerprint density at radius 3 is 2.53 bits per heavy atom. The molecule has 4 nitrogen and oxygen atoms in total. The SMILES string of the molecule is CNCCCCS(=O)(=O)N(C)CC1CC1. The summed E-state index contributed by atoms with van der Waals surface area (Å²) in [7, 11) is 0.593. The van der Waals surface area contributed by atoms with E-state index in [2.05, 4.69) is 5.32 Å². The van der Waals surface area contributed by atoms with Crippen molar-refractivity contribution in [2.45, 2.75) is 25.7 Å². The lowest BCUT2D eigenvalue weighted by Gasteiger charge is -2.16. The standard InChI is InChI=1S/C10H22N2O2S/c1-11-7-3-4-8-15(13,14)12(2)9-10-5-6-10/h10-11H,3-9H2,1-2H3. The fourth-order valence-corrected chi connectivity index (χ4v) is 2.84. The summed E-state index contributed by atoms with van der Waals surface area (Å²) in [4.78, 5) is 0. The van der Waals surface area contributed by atoms with Gasteiger partial charge in [-0.15, -0.1) is 0 Å². The number of sulfonamides is 1. The highest BCUT2D eigenvalue weighted by atomic mass is 32.2. The number of nitrogens with zero attached hydrogens (tertiary/aromatic N) is 1. The zero-order chi connectivity index (χ0) is 11.3. The monoisotopic (exact) mass is 234 g/mol. The van der Waals surface area contributed by atoms with Crippen molar-refractivity contribution in [1.29, 1.82) is 0 Å². The zero-order valence-electron chi connectivity index (χ0n) is 9.70. The van der Waals surface area contributed by atoms with Gasteiger partial charge in [0.15, 0.2) is 0 Å². The lowest BCUT2D eigenvalue weighted by Crippen LogP contribution is -2.31. The third kappa shape index (κ3) is 4.95. The van der Waals surface area contributed by atoms with Gasteiger partial charge in [-0.3, -0.25) is 0 Å². The molecule has 1 N–H and O–H groups in total. The Morgan fingerprint density at radius 1 is 1.33 bits per heavy atom. The van der Waals surface area contributed by atoms with Gasteiger partial charge in [-0.05, 0) is 45.2 Å². The van der Waals surface area contributed by atoms with E-state index < -0.39 is 10.0 Å². The molecule has 1 aliphatic rings. The maximum Gasteiger partial charge on any atom is 0.213 e. The van der Waals surface area contributed by atoms with Crippen LogP contribution in [0.1, 0.15) is 25.7 Å². The molecule has 0 saturated heterocycles. The molecule has 90 valence electrons. The third-order valence-corrected chi connectivity index (χ3v) is 4.67. The number of nitrogens with one attached hydrogen (secondary N) is 1. The Kier molecular flexibility index (Phi) is 5.02. The van der Waals surface area contributed by atoms with Gasteiger partial charge in [0.2, 0.25) is 10.0 Å². The second-order valence-electron chi connectivity index (χ2n) is 4.35. The Labute approximate surface area is 93.1 Å². The van der Waals surface area contributed by atoms with E-state index in [0.717, 1.165) is 19.4 Å². The lowest BCUT2D eigenvalue weighted by molar-refractivity contribution is 0.451. The smallest absolute Gasteiger partial charge is 0.213 e. The van der Waals surface area contributed by atoms with Crippen LogP contribution in [-0.2, 0) is 10.0 Å². The summed E-state index contributed by atoms with van der Waals surface area (Å²) in [5.74, 6) is 0.917. The van der Waals surface area contributed by atoms with Gasteiger partial charge in [0.1, 0.15) is 0 Å². The highest BCUT2D eigenvalue weighted by Gasteiger charge is 2.27. The first-order valence-corrected chi connectivity index (χ1v) is 7.26. The predicted octanol–water partition coefficient (Wildman–Crippen LogP) is 0.658. The van der Waals surface area contributed by atoms with Gasteiger partial charge in [0.05, 0.1) is 5.75 Å². The molecule has 0 spiro atoms. The molecule has 5 heteroatoms. The summed E-state index contributed by atoms with van der Waals surface area (Å²) in [5, 5.41) is 3.02. The molecule has 1 rings (SSSR count). The minimum absolute atomic E-state index is 0.290. The molecule has 0 aromatic rings. The van der Waals surface area contributed by atoms with E-state index in [0.29, 0.717) is 12.5 Å². The first-order chi connectivity index (χ1) is 7.06. The van der Waals surface area contributed by atoms with Gasteiger partial charge >= 0.3 is 0 Å². The first kappa shape index (κ1) is 12.9. The summed E-state index contributed by atoms with van der Waals surface area (Å²) in [6.07, 6.45) is 4.06. The third-order valence-electron chi connectivity index (χ3n) is 2.77. The van der Waals surface area contributed by atoms with Crippen molar-refractivity contribution in [3.63, 3.8) is 0 Å². The number of rotatable bonds is 8. The summed E-state index contributed by atoms with van der Waals surface area (Å²) in [6.45, 7) is 1.61. The summed E-state index contributed by atoms with van der Waals surface area (Å²) in [5.41, 5.74) is 0. The van der Waals surface area contributed by atoms with Crippen LogP contribution in [0.15, 0.2) is 0 Å². The summed E-state index contributed by atoms with van der Waals surface area (Å²) >= 11 is 0. The minimum Gasteiger partial charge on any atom is -0.320 e. The van der Waals surface area contributed by atoms with Crippen LogP contribution in [0, 0.1) is 5.92 Å². The predicted molar refractivity (Wildman–Crippen MR) is 62.3 cm³/mol. The molecule has 1 fully saturated rings. The van der Waals surface area contributed by atoms with Crippen molar-refractivity contribution >= 4 is 10.0 Å². The molecule has 0 aromatic carbocycles. The fraction of sp³-hybridized carbons (Fsp3) is 1.00. The van der Waals surface area contributed by atoms with Crippen LogP contribution in [-0.4, -0.2) is 45.7 Å². The molecule has 0 aliphatic heterocycles. The number of hydrogen-bond acceptors (Lipinski definition) is 3. The van der Waals surface area contributed by atoms with Crippen LogP contribution in [0.3, 0.4) is 0 Å². The van der Waals surface area contributed by atoms with Crippen LogP contribution in [0.2, 0.25) is 0 Å². The highest BCUT2D eigenvalue weighted by molar-refractivity contribution is 7.89. The van der Waals surface area contributed by atoms with Crippen molar-refractivity contribution in [1.82, 2.24) is 9.62 Å². The number of unbranched alkanes of at least 4 members (excludes halogenated alkanes) is 1. The Balaban J connectivity index is 2.23. The van der Waals surface area contributed by atoms with E-state index in [1.807, 2.05) is 7.05 Å². The Morgan fingerprint density at radius 2 is 2.00 bits per heavy atom. The maximum atomic E-state index is 11.8. The van der Waals surface area contributed by atoms with Crippen LogP contribution >= 0.6 is 0 Å². The summed E-state index contributed by atoms with van der Waals surface area (Å²) < 4.78 is 25.1. The maximum absolute atomic E-state index is 11.8. The van der Waals surface area contributed by atoms with Crippen LogP contribution < -0.4 is 5.32 Å². The minimum atomic E-state index is -2.99. The van der Waals surface area contributed by atoms with Crippen molar-refractivity contribution < 1.29 is 8.42 Å². The van der Waals surface area contributed by atoms with Crippen LogP contribution in [0.5, 0.6) is 0 Å². The molecule has 0 aromatic heterocycles. The first-order valence-electron chi connectivity index (χ1n) is 5.65. The van der Waals surface area contributed by atoms with Gasteiger partial charge in [-0.25, -0.2) is 12.7 Å². The van der Waals surface area contributed by atoms with Gasteiger partial charge in [-0.1, -0.05) is 0 Å². The fourth-order valence-electron chi connectivity index (χ4n) is 1.52. The van der Waals surface area contributed by atoms with Crippen molar-refractivity contribution in [2.75, 3.05) is 32.9 Å². The zero-order valence-corrected chi connectivity index (χ0v) is 10.5. The lowest BCUT2D eigenvalue weighted by atomic mass is 10.3. The molecular weight excluding hydrogens is 212 g/mol. The van der Waals surface area contributed by atoms with Gasteiger partial charge in [-0.2, -0.15) is 0 Å². The molecule has 0 amide bonds. The molecule has 0 heterocycles. The quantitative estimate of drug-likeness (QED) is 0.628. The van der Waals surface area contributed by atoms with Crippen LogP contribution in [0.25, 0.3) is 0 Å². The topological polar surface area (TPSA) is 49.4 Å². The second kappa shape index (κ2) is 5.82. The van der Waals surface area contributed by atoms with Gasteiger partial charge < -0.3 is 5.32 Å². The molecule has 0 bridgehead atoms. The van der Waals surface area contributed by atoms with Crippen molar-refractivity contribution in [2.24, 2.45) is 5.92 Å². The summed E-state index contributed by atoms with van der Waals surface area (Å²) in [6, 6.07) is 0. The molecular formula is C10H22N2O2S. The Bertz CT molecular complexity index is 273. The van der Waals surface area contributed by atoms with Crippen LogP contribution in [0.4, 0.5) is 0 Å². The highest BCUT2D eigenvalue weighted by Crippen LogP contribution is 2.30. The number of hydrogen-bond donors (Lipinski definition) is 1. The Hall–Kier alpha value is -0.130. The van der Waals surface area contributed by atoms with Crippen molar-refractivity contribution in [3.8, 4) is 0 Å². The molecule has 0 unspecified atom stereocenters. The van der Waals surface area contributed by atoms with E-state index in [9.17, 15) is 8.42 Å². The molecule has 1 saturated carbocycles. The van der Waals surface area contributed by atoms with Crippen molar-refractivity contribution in [3.05, 3.63) is 0 Å². The molecule has 15 heavy (non-hydrogen) atoms. The van der Waals surface area contributed by atoms with E-state index in [1.165, 1.54) is 17.1 Å². The molecule has 1 aliphatic carbocycles. The van der Waals surface area contributed by atoms with E-state index in [-0.39, 0.29) is 5.75 Å². The van der Waals surface area contributed by atoms with E-state index in [1.54, 1.807) is 7.05 Å².